The highest BCUT2D eigenvalue weighted by molar-refractivity contribution is 5.75. The molecule has 110 valence electrons. The summed E-state index contributed by atoms with van der Waals surface area (Å²) in [6.07, 6.45) is 0.531. The molecule has 5 nitrogen and oxygen atoms in total. The van der Waals surface area contributed by atoms with Crippen LogP contribution in [-0.4, -0.2) is 31.3 Å². The van der Waals surface area contributed by atoms with Crippen LogP contribution in [0.1, 0.15) is 32.1 Å². The largest absolute Gasteiger partial charge is 0.497 e. The minimum atomic E-state index is -0.355. The van der Waals surface area contributed by atoms with Gasteiger partial charge in [0.15, 0.2) is 6.23 Å². The number of methoxy groups -OCH3 is 2. The van der Waals surface area contributed by atoms with Gasteiger partial charge >= 0.3 is 5.97 Å². The highest BCUT2D eigenvalue weighted by Gasteiger charge is 2.47. The van der Waals surface area contributed by atoms with Crippen LogP contribution in [0.3, 0.4) is 0 Å². The molecule has 0 amide bonds. The maximum absolute atomic E-state index is 11.8. The van der Waals surface area contributed by atoms with Crippen molar-refractivity contribution in [3.05, 3.63) is 29.8 Å². The van der Waals surface area contributed by atoms with E-state index in [2.05, 4.69) is 13.8 Å². The molecule has 2 rings (SSSR count). The number of hydrogen-bond acceptors (Lipinski definition) is 5. The van der Waals surface area contributed by atoms with Gasteiger partial charge in [0.05, 0.1) is 14.2 Å². The van der Waals surface area contributed by atoms with Gasteiger partial charge in [0.2, 0.25) is 0 Å². The number of nitrogens with zero attached hydrogens (tertiary/aromatic N) is 1. The summed E-state index contributed by atoms with van der Waals surface area (Å²) in [4.78, 5) is 17.4. The molecule has 0 N–H and O–H groups in total. The fourth-order valence-corrected chi connectivity index (χ4v) is 2.19. The molecule has 0 aliphatic carbocycles. The van der Waals surface area contributed by atoms with Gasteiger partial charge in [-0.2, -0.15) is 0 Å². The van der Waals surface area contributed by atoms with Crippen LogP contribution in [0, 0.1) is 5.92 Å². The van der Waals surface area contributed by atoms with E-state index in [1.807, 2.05) is 24.3 Å². The monoisotopic (exact) mass is 279 g/mol. The lowest BCUT2D eigenvalue weighted by Gasteiger charge is -2.15. The van der Waals surface area contributed by atoms with Crippen molar-refractivity contribution in [3.63, 3.8) is 0 Å². The molecule has 1 aliphatic rings. The number of benzene rings is 1. The SMILES string of the molecule is COC(=O)[C@H](CC(C)C)N1O[C@H]1c1ccc(OC)cc1. The zero-order valence-electron chi connectivity index (χ0n) is 12.3. The van der Waals surface area contributed by atoms with Gasteiger partial charge in [-0.1, -0.05) is 26.0 Å². The lowest BCUT2D eigenvalue weighted by Crippen LogP contribution is -2.31. The fourth-order valence-electron chi connectivity index (χ4n) is 2.19. The zero-order chi connectivity index (χ0) is 14.7. The van der Waals surface area contributed by atoms with Crippen molar-refractivity contribution in [3.8, 4) is 5.75 Å². The third-order valence-electron chi connectivity index (χ3n) is 3.28. The van der Waals surface area contributed by atoms with Gasteiger partial charge < -0.3 is 9.47 Å². The minimum Gasteiger partial charge on any atom is -0.497 e. The van der Waals surface area contributed by atoms with E-state index in [0.29, 0.717) is 12.3 Å². The minimum absolute atomic E-state index is 0.177. The Morgan fingerprint density at radius 1 is 1.30 bits per heavy atom. The molecular formula is C15H21NO4. The number of hydroxylamine groups is 2. The molecule has 1 aromatic rings. The molecular weight excluding hydrogens is 258 g/mol. The molecule has 5 heteroatoms. The van der Waals surface area contributed by atoms with Crippen molar-refractivity contribution in [2.45, 2.75) is 32.5 Å². The summed E-state index contributed by atoms with van der Waals surface area (Å²) >= 11 is 0. The van der Waals surface area contributed by atoms with Crippen LogP contribution >= 0.6 is 0 Å². The average molecular weight is 279 g/mol. The van der Waals surface area contributed by atoms with E-state index in [0.717, 1.165) is 11.3 Å². The maximum Gasteiger partial charge on any atom is 0.325 e. The van der Waals surface area contributed by atoms with Crippen LogP contribution in [0.5, 0.6) is 5.75 Å². The molecule has 1 saturated heterocycles. The summed E-state index contributed by atoms with van der Waals surface area (Å²) in [7, 11) is 3.03. The van der Waals surface area contributed by atoms with E-state index in [-0.39, 0.29) is 18.2 Å². The van der Waals surface area contributed by atoms with Gasteiger partial charge in [-0.15, -0.1) is 5.06 Å². The van der Waals surface area contributed by atoms with E-state index in [1.165, 1.54) is 7.11 Å². The Hall–Kier alpha value is -1.59. The number of carbonyl (C=O) groups is 1. The van der Waals surface area contributed by atoms with E-state index < -0.39 is 0 Å². The molecule has 3 atom stereocenters. The fraction of sp³-hybridized carbons (Fsp3) is 0.533. The number of hydrogen-bond donors (Lipinski definition) is 0. The predicted octanol–water partition coefficient (Wildman–Crippen LogP) is 2.53. The van der Waals surface area contributed by atoms with Gasteiger partial charge in [0, 0.05) is 0 Å². The predicted molar refractivity (Wildman–Crippen MR) is 73.9 cm³/mol. The molecule has 0 spiro atoms. The topological polar surface area (TPSA) is 51.1 Å². The Morgan fingerprint density at radius 3 is 2.45 bits per heavy atom. The number of esters is 1. The molecule has 1 fully saturated rings. The molecule has 0 aromatic heterocycles. The maximum atomic E-state index is 11.8. The van der Waals surface area contributed by atoms with Crippen LogP contribution in [0.25, 0.3) is 0 Å². The van der Waals surface area contributed by atoms with Gasteiger partial charge in [-0.05, 0) is 30.0 Å². The molecule has 1 heterocycles. The lowest BCUT2D eigenvalue weighted by atomic mass is 10.0. The second kappa shape index (κ2) is 6.24. The zero-order valence-corrected chi connectivity index (χ0v) is 12.3. The van der Waals surface area contributed by atoms with Gasteiger partial charge in [0.1, 0.15) is 11.8 Å². The summed E-state index contributed by atoms with van der Waals surface area (Å²) < 4.78 is 9.98. The second-order valence-corrected chi connectivity index (χ2v) is 5.26. The van der Waals surface area contributed by atoms with E-state index in [4.69, 9.17) is 14.3 Å². The highest BCUT2D eigenvalue weighted by Crippen LogP contribution is 2.41. The highest BCUT2D eigenvalue weighted by atomic mass is 16.8. The van der Waals surface area contributed by atoms with Crippen LogP contribution in [0.4, 0.5) is 0 Å². The van der Waals surface area contributed by atoms with Gasteiger partial charge in [-0.25, -0.2) is 0 Å². The van der Waals surface area contributed by atoms with Gasteiger partial charge in [-0.3, -0.25) is 9.63 Å². The standard InChI is InChI=1S/C15H21NO4/c1-10(2)9-13(15(17)19-4)16-14(20-16)11-5-7-12(18-3)8-6-11/h5-8,10,13-14H,9H2,1-4H3/t13-,14-,16?/m0/s1. The first-order chi connectivity index (χ1) is 9.56. The number of carbonyl (C=O) groups excluding carboxylic acids is 1. The van der Waals surface area contributed by atoms with Crippen molar-refractivity contribution in [1.82, 2.24) is 5.06 Å². The van der Waals surface area contributed by atoms with Crippen LogP contribution < -0.4 is 4.74 Å². The number of rotatable bonds is 6. The van der Waals surface area contributed by atoms with E-state index in [1.54, 1.807) is 12.2 Å². The van der Waals surface area contributed by atoms with Crippen molar-refractivity contribution in [2.75, 3.05) is 14.2 Å². The Kier molecular flexibility index (Phi) is 4.62. The summed E-state index contributed by atoms with van der Waals surface area (Å²) in [6.45, 7) is 4.14. The molecule has 1 unspecified atom stereocenters. The summed E-state index contributed by atoms with van der Waals surface area (Å²) in [6, 6.07) is 7.28. The van der Waals surface area contributed by atoms with E-state index >= 15 is 0 Å². The summed E-state index contributed by atoms with van der Waals surface area (Å²) in [5.74, 6) is 0.933. The summed E-state index contributed by atoms with van der Waals surface area (Å²) in [5.41, 5.74) is 1.00. The van der Waals surface area contributed by atoms with Gasteiger partial charge in [0.25, 0.3) is 0 Å². The van der Waals surface area contributed by atoms with Crippen LogP contribution in [0.15, 0.2) is 24.3 Å². The molecule has 20 heavy (non-hydrogen) atoms. The average Bonchev–Trinajstić information content (AvgIpc) is 3.24. The summed E-state index contributed by atoms with van der Waals surface area (Å²) in [5, 5.41) is 1.70. The van der Waals surface area contributed by atoms with Crippen molar-refractivity contribution in [1.29, 1.82) is 0 Å². The second-order valence-electron chi connectivity index (χ2n) is 5.26. The molecule has 0 saturated carbocycles. The van der Waals surface area contributed by atoms with Crippen molar-refractivity contribution < 1.29 is 19.1 Å². The van der Waals surface area contributed by atoms with E-state index in [9.17, 15) is 4.79 Å². The lowest BCUT2D eigenvalue weighted by molar-refractivity contribution is -0.148. The number of ether oxygens (including phenoxy) is 2. The Morgan fingerprint density at radius 2 is 1.95 bits per heavy atom. The quantitative estimate of drug-likeness (QED) is 0.591. The Bertz CT molecular complexity index is 457. The van der Waals surface area contributed by atoms with Crippen LogP contribution in [-0.2, 0) is 14.4 Å². The third-order valence-corrected chi connectivity index (χ3v) is 3.28. The Labute approximate surface area is 119 Å². The normalized spacial score (nSPS) is 22.4. The van der Waals surface area contributed by atoms with Crippen molar-refractivity contribution >= 4 is 5.97 Å². The molecule has 0 radical (unpaired) electrons. The molecule has 1 aliphatic heterocycles. The van der Waals surface area contributed by atoms with Crippen molar-refractivity contribution in [2.24, 2.45) is 5.92 Å². The third kappa shape index (κ3) is 3.29. The first-order valence-corrected chi connectivity index (χ1v) is 6.73. The first-order valence-electron chi connectivity index (χ1n) is 6.73. The molecule has 1 aromatic carbocycles. The Balaban J connectivity index is 2.04. The van der Waals surface area contributed by atoms with Crippen LogP contribution in [0.2, 0.25) is 0 Å². The first kappa shape index (κ1) is 14.8. The molecule has 0 bridgehead atoms. The smallest absolute Gasteiger partial charge is 0.325 e.